The van der Waals surface area contributed by atoms with Gasteiger partial charge in [0, 0.05) is 7.05 Å². The number of aromatic nitrogens is 1. The van der Waals surface area contributed by atoms with E-state index in [1.807, 2.05) is 5.43 Å². The fraction of sp³-hybridized carbons (Fsp3) is 0.333. The summed E-state index contributed by atoms with van der Waals surface area (Å²) < 4.78 is 37.6. The molecule has 1 aromatic heterocycles. The van der Waals surface area contributed by atoms with Gasteiger partial charge in [-0.3, -0.25) is 4.79 Å². The lowest BCUT2D eigenvalue weighted by Gasteiger charge is -2.12. The van der Waals surface area contributed by atoms with Crippen LogP contribution in [0.2, 0.25) is 0 Å². The number of halogens is 3. The molecule has 0 aliphatic carbocycles. The molecular weight excluding hydrogens is 251 g/mol. The number of alkyl halides is 3. The van der Waals surface area contributed by atoms with E-state index in [0.717, 1.165) is 12.1 Å². The Morgan fingerprint density at radius 2 is 2.00 bits per heavy atom. The predicted octanol–water partition coefficient (Wildman–Crippen LogP) is 0.544. The Morgan fingerprint density at radius 3 is 2.50 bits per heavy atom. The Morgan fingerprint density at radius 1 is 1.39 bits per heavy atom. The van der Waals surface area contributed by atoms with E-state index in [9.17, 15) is 18.0 Å². The first-order valence-corrected chi connectivity index (χ1v) is 4.87. The maximum Gasteiger partial charge on any atom is 0.416 e. The lowest BCUT2D eigenvalue weighted by molar-refractivity contribution is -0.137. The summed E-state index contributed by atoms with van der Waals surface area (Å²) in [7, 11) is 1.41. The van der Waals surface area contributed by atoms with Crippen molar-refractivity contribution in [1.29, 1.82) is 0 Å². The minimum Gasteiger partial charge on any atom is -0.361 e. The molecule has 9 heteroatoms. The summed E-state index contributed by atoms with van der Waals surface area (Å²) in [5, 5.41) is 4.78. The number of hydrazine groups is 1. The summed E-state index contributed by atoms with van der Waals surface area (Å²) in [6.07, 6.45) is -4.52. The van der Waals surface area contributed by atoms with Crippen molar-refractivity contribution in [3.8, 4) is 0 Å². The number of likely N-dealkylation sites (N-methyl/N-ethyl adjacent to an activating group) is 1. The molecule has 5 N–H and O–H groups in total. The summed E-state index contributed by atoms with van der Waals surface area (Å²) >= 11 is 0. The lowest BCUT2D eigenvalue weighted by atomic mass is 10.2. The largest absolute Gasteiger partial charge is 0.416 e. The van der Waals surface area contributed by atoms with Crippen molar-refractivity contribution >= 4 is 17.5 Å². The average molecular weight is 263 g/mol. The molecule has 6 nitrogen and oxygen atoms in total. The van der Waals surface area contributed by atoms with Gasteiger partial charge in [-0.2, -0.15) is 13.2 Å². The Balaban J connectivity index is 2.94. The van der Waals surface area contributed by atoms with Crippen molar-refractivity contribution in [3.05, 3.63) is 17.7 Å². The highest BCUT2D eigenvalue weighted by molar-refractivity contribution is 5.80. The molecule has 0 fully saturated rings. The van der Waals surface area contributed by atoms with Crippen LogP contribution in [0.15, 0.2) is 12.1 Å². The highest BCUT2D eigenvalue weighted by atomic mass is 19.4. The Hall–Kier alpha value is -2.03. The van der Waals surface area contributed by atoms with Gasteiger partial charge in [-0.05, 0) is 12.1 Å². The van der Waals surface area contributed by atoms with Gasteiger partial charge in [0.2, 0.25) is 5.91 Å². The summed E-state index contributed by atoms with van der Waals surface area (Å²) in [4.78, 5) is 14.7. The number of hydrogen-bond acceptors (Lipinski definition) is 5. The molecule has 0 atom stereocenters. The maximum atomic E-state index is 12.5. The third kappa shape index (κ3) is 3.77. The number of hydrogen-bond donors (Lipinski definition) is 4. The number of carbonyl (C=O) groups is 1. The van der Waals surface area contributed by atoms with Crippen molar-refractivity contribution < 1.29 is 18.0 Å². The van der Waals surface area contributed by atoms with E-state index in [2.05, 4.69) is 15.6 Å². The van der Waals surface area contributed by atoms with Crippen molar-refractivity contribution in [2.24, 2.45) is 5.84 Å². The first kappa shape index (κ1) is 14.0. The molecule has 0 saturated carbocycles. The van der Waals surface area contributed by atoms with E-state index in [-0.39, 0.29) is 24.1 Å². The van der Waals surface area contributed by atoms with Gasteiger partial charge in [-0.25, -0.2) is 10.8 Å². The van der Waals surface area contributed by atoms with Crippen LogP contribution in [0.3, 0.4) is 0 Å². The summed E-state index contributed by atoms with van der Waals surface area (Å²) in [6, 6.07) is 1.56. The number of anilines is 2. The summed E-state index contributed by atoms with van der Waals surface area (Å²) in [5.41, 5.74) is 1.12. The molecule has 1 heterocycles. The van der Waals surface area contributed by atoms with E-state index in [1.54, 1.807) is 0 Å². The Kier molecular flexibility index (Phi) is 4.32. The Bertz CT molecular complexity index is 435. The molecule has 0 spiro atoms. The normalized spacial score (nSPS) is 10.9. The van der Waals surface area contributed by atoms with Crippen LogP contribution < -0.4 is 21.9 Å². The van der Waals surface area contributed by atoms with E-state index < -0.39 is 11.7 Å². The van der Waals surface area contributed by atoms with E-state index in [1.165, 1.54) is 7.05 Å². The first-order chi connectivity index (χ1) is 8.36. The molecule has 0 aliphatic heterocycles. The number of nitrogens with zero attached hydrogens (tertiary/aromatic N) is 1. The van der Waals surface area contributed by atoms with Crippen molar-refractivity contribution in [1.82, 2.24) is 10.3 Å². The monoisotopic (exact) mass is 263 g/mol. The molecule has 1 amide bonds. The molecule has 0 radical (unpaired) electrons. The zero-order chi connectivity index (χ0) is 13.8. The van der Waals surface area contributed by atoms with Crippen LogP contribution >= 0.6 is 0 Å². The fourth-order valence-corrected chi connectivity index (χ4v) is 1.12. The lowest BCUT2D eigenvalue weighted by Crippen LogP contribution is -2.26. The van der Waals surface area contributed by atoms with Gasteiger partial charge < -0.3 is 16.1 Å². The van der Waals surface area contributed by atoms with Gasteiger partial charge in [0.25, 0.3) is 0 Å². The van der Waals surface area contributed by atoms with Crippen LogP contribution in [0.5, 0.6) is 0 Å². The van der Waals surface area contributed by atoms with Crippen LogP contribution in [0.4, 0.5) is 24.8 Å². The second kappa shape index (κ2) is 5.54. The number of amides is 1. The standard InChI is InChI=1S/C9H12F3N5O/c1-14-8(18)4-15-6-2-5(9(10,11)12)3-7(16-6)17-13/h2-3H,4,13H2,1H3,(H,14,18)(H2,15,16,17). The van der Waals surface area contributed by atoms with Crippen molar-refractivity contribution in [3.63, 3.8) is 0 Å². The Labute approximate surface area is 101 Å². The van der Waals surface area contributed by atoms with Crippen LogP contribution in [0.1, 0.15) is 5.56 Å². The van der Waals surface area contributed by atoms with E-state index in [4.69, 9.17) is 5.84 Å². The molecule has 0 bridgehead atoms. The molecule has 18 heavy (non-hydrogen) atoms. The minimum absolute atomic E-state index is 0.0959. The second-order valence-corrected chi connectivity index (χ2v) is 3.30. The first-order valence-electron chi connectivity index (χ1n) is 4.87. The molecule has 0 aromatic carbocycles. The third-order valence-electron chi connectivity index (χ3n) is 2.01. The minimum atomic E-state index is -4.52. The highest BCUT2D eigenvalue weighted by Crippen LogP contribution is 2.31. The van der Waals surface area contributed by atoms with Gasteiger partial charge in [0.15, 0.2) is 0 Å². The van der Waals surface area contributed by atoms with Crippen LogP contribution in [0.25, 0.3) is 0 Å². The quantitative estimate of drug-likeness (QED) is 0.470. The molecular formula is C9H12F3N5O. The highest BCUT2D eigenvalue weighted by Gasteiger charge is 2.31. The zero-order valence-corrected chi connectivity index (χ0v) is 9.43. The summed E-state index contributed by atoms with van der Waals surface area (Å²) in [5.74, 6) is 4.40. The number of nitrogens with one attached hydrogen (secondary N) is 3. The third-order valence-corrected chi connectivity index (χ3v) is 2.01. The summed E-state index contributed by atoms with van der Waals surface area (Å²) in [6.45, 7) is -0.186. The van der Waals surface area contributed by atoms with E-state index in [0.29, 0.717) is 0 Å². The van der Waals surface area contributed by atoms with Crippen LogP contribution in [-0.2, 0) is 11.0 Å². The van der Waals surface area contributed by atoms with Crippen LogP contribution in [-0.4, -0.2) is 24.5 Å². The molecule has 0 saturated heterocycles. The number of rotatable bonds is 4. The number of pyridine rings is 1. The zero-order valence-electron chi connectivity index (χ0n) is 9.43. The van der Waals surface area contributed by atoms with Crippen LogP contribution in [0, 0.1) is 0 Å². The molecule has 0 unspecified atom stereocenters. The van der Waals surface area contributed by atoms with Gasteiger partial charge in [-0.1, -0.05) is 0 Å². The van der Waals surface area contributed by atoms with E-state index >= 15 is 0 Å². The predicted molar refractivity (Wildman–Crippen MR) is 59.6 cm³/mol. The maximum absolute atomic E-state index is 12.5. The smallest absolute Gasteiger partial charge is 0.361 e. The molecule has 100 valence electrons. The van der Waals surface area contributed by atoms with Gasteiger partial charge in [0.1, 0.15) is 11.6 Å². The average Bonchev–Trinajstić information content (AvgIpc) is 2.34. The number of carbonyl (C=O) groups excluding carboxylic acids is 1. The van der Waals surface area contributed by atoms with Crippen molar-refractivity contribution in [2.45, 2.75) is 6.18 Å². The second-order valence-electron chi connectivity index (χ2n) is 3.30. The topological polar surface area (TPSA) is 92.1 Å². The van der Waals surface area contributed by atoms with Gasteiger partial charge >= 0.3 is 6.18 Å². The molecule has 1 aromatic rings. The fourth-order valence-electron chi connectivity index (χ4n) is 1.12. The number of nitrogens with two attached hydrogens (primary N) is 1. The molecule has 0 aliphatic rings. The van der Waals surface area contributed by atoms with Gasteiger partial charge in [-0.15, -0.1) is 0 Å². The SMILES string of the molecule is CNC(=O)CNc1cc(C(F)(F)F)cc(NN)n1. The van der Waals surface area contributed by atoms with Crippen molar-refractivity contribution in [2.75, 3.05) is 24.3 Å². The number of nitrogen functional groups attached to an aromatic ring is 1. The molecule has 1 rings (SSSR count). The van der Waals surface area contributed by atoms with Gasteiger partial charge in [0.05, 0.1) is 12.1 Å².